The van der Waals surface area contributed by atoms with Crippen molar-refractivity contribution in [2.24, 2.45) is 17.8 Å². The molecule has 13 nitrogen and oxygen atoms in total. The number of β-lactam (4-membered cyclic amide) rings is 1. The number of hydrogen-bond acceptors (Lipinski definition) is 10. The summed E-state index contributed by atoms with van der Waals surface area (Å²) in [5, 5.41) is 14.2. The molecule has 0 saturated carbocycles. The number of esters is 2. The third-order valence-electron chi connectivity index (χ3n) is 7.76. The van der Waals surface area contributed by atoms with Crippen molar-refractivity contribution in [1.29, 1.82) is 0 Å². The Morgan fingerprint density at radius 1 is 1.07 bits per heavy atom. The first-order valence-corrected chi connectivity index (χ1v) is 13.4. The van der Waals surface area contributed by atoms with Gasteiger partial charge in [0.15, 0.2) is 0 Å². The molecule has 3 atom stereocenters. The van der Waals surface area contributed by atoms with Crippen molar-refractivity contribution < 1.29 is 38.0 Å². The number of carbonyl (C=O) groups is 4. The van der Waals surface area contributed by atoms with Crippen molar-refractivity contribution in [2.75, 3.05) is 11.9 Å². The molecular formula is C30H27N3O10. The van der Waals surface area contributed by atoms with E-state index in [0.29, 0.717) is 22.2 Å². The number of carbonyl (C=O) groups excluding carboxylic acids is 4. The summed E-state index contributed by atoms with van der Waals surface area (Å²) in [6.45, 7) is 6.95. The molecule has 1 fully saturated rings. The van der Waals surface area contributed by atoms with Crippen molar-refractivity contribution in [3.63, 3.8) is 0 Å². The maximum absolute atomic E-state index is 13.3. The Balaban J connectivity index is 1.35. The summed E-state index contributed by atoms with van der Waals surface area (Å²) in [5.41, 5.74) is 0.543. The Labute approximate surface area is 244 Å². The monoisotopic (exact) mass is 589 g/mol. The van der Waals surface area contributed by atoms with Gasteiger partial charge in [0.2, 0.25) is 5.91 Å². The number of anilines is 1. The standard InChI is InChI=1S/C30H27N3O10/c1-14(2)24-25-16(4)21(13-41-30(38)31-18-7-10-20-15(3)11-23(34)42-22(20)12-18)26(32(25)27(24)35)29(37)43-28(36)17-5-8-19(9-6-17)33(39)40/h5-12,14,16,24-25H,13H2,1-4H3,(H,31,38)/t16-,24+,25+/m0/s1. The van der Waals surface area contributed by atoms with Crippen LogP contribution in [0.5, 0.6) is 0 Å². The Bertz CT molecular complexity index is 1770. The molecule has 2 aliphatic heterocycles. The number of fused-ring (bicyclic) bond motifs is 2. The molecular weight excluding hydrogens is 562 g/mol. The van der Waals surface area contributed by atoms with Gasteiger partial charge in [0, 0.05) is 46.8 Å². The normalized spacial score (nSPS) is 19.2. The number of non-ortho nitro benzene ring substituents is 1. The van der Waals surface area contributed by atoms with Crippen LogP contribution in [-0.2, 0) is 19.1 Å². The van der Waals surface area contributed by atoms with Crippen LogP contribution >= 0.6 is 0 Å². The van der Waals surface area contributed by atoms with E-state index in [-0.39, 0.29) is 46.9 Å². The number of nitrogens with one attached hydrogen (secondary N) is 1. The molecule has 2 aromatic carbocycles. The van der Waals surface area contributed by atoms with Gasteiger partial charge in [-0.2, -0.15) is 0 Å². The Morgan fingerprint density at radius 2 is 1.77 bits per heavy atom. The third-order valence-corrected chi connectivity index (χ3v) is 7.76. The van der Waals surface area contributed by atoms with E-state index in [1.165, 1.54) is 17.0 Å². The fourth-order valence-electron chi connectivity index (χ4n) is 5.62. The molecule has 222 valence electrons. The molecule has 43 heavy (non-hydrogen) atoms. The van der Waals surface area contributed by atoms with E-state index in [1.54, 1.807) is 26.0 Å². The quantitative estimate of drug-likeness (QED) is 0.104. The summed E-state index contributed by atoms with van der Waals surface area (Å²) in [6, 6.07) is 10.2. The molecule has 2 aliphatic rings. The zero-order valence-electron chi connectivity index (χ0n) is 23.6. The van der Waals surface area contributed by atoms with Crippen molar-refractivity contribution in [1.82, 2.24) is 4.90 Å². The summed E-state index contributed by atoms with van der Waals surface area (Å²) in [6.07, 6.45) is -0.871. The molecule has 13 heteroatoms. The number of amides is 2. The maximum Gasteiger partial charge on any atom is 0.411 e. The summed E-state index contributed by atoms with van der Waals surface area (Å²) in [4.78, 5) is 75.1. The molecule has 0 aliphatic carbocycles. The Kier molecular flexibility index (Phi) is 7.57. The van der Waals surface area contributed by atoms with Crippen LogP contribution in [-0.4, -0.2) is 46.4 Å². The zero-order chi connectivity index (χ0) is 31.2. The molecule has 0 unspecified atom stereocenters. The van der Waals surface area contributed by atoms with Crippen LogP contribution in [0.1, 0.15) is 36.7 Å². The minimum Gasteiger partial charge on any atom is -0.445 e. The van der Waals surface area contributed by atoms with Crippen LogP contribution in [0.4, 0.5) is 16.2 Å². The van der Waals surface area contributed by atoms with Gasteiger partial charge in [0.05, 0.1) is 22.4 Å². The lowest BCUT2D eigenvalue weighted by atomic mass is 9.74. The number of rotatable bonds is 7. The Hall–Kier alpha value is -5.33. The highest BCUT2D eigenvalue weighted by Crippen LogP contribution is 2.48. The van der Waals surface area contributed by atoms with Gasteiger partial charge in [-0.1, -0.05) is 20.8 Å². The van der Waals surface area contributed by atoms with Crippen LogP contribution in [0.25, 0.3) is 11.0 Å². The van der Waals surface area contributed by atoms with Crippen molar-refractivity contribution in [3.05, 3.63) is 91.5 Å². The second-order valence-corrected chi connectivity index (χ2v) is 10.8. The van der Waals surface area contributed by atoms with E-state index in [2.05, 4.69) is 5.32 Å². The van der Waals surface area contributed by atoms with Crippen molar-refractivity contribution in [3.8, 4) is 0 Å². The second-order valence-electron chi connectivity index (χ2n) is 10.8. The van der Waals surface area contributed by atoms with Gasteiger partial charge in [-0.15, -0.1) is 0 Å². The number of hydrogen-bond donors (Lipinski definition) is 1. The summed E-state index contributed by atoms with van der Waals surface area (Å²) < 4.78 is 15.7. The van der Waals surface area contributed by atoms with Gasteiger partial charge in [-0.05, 0) is 42.7 Å². The van der Waals surface area contributed by atoms with E-state index >= 15 is 0 Å². The minimum absolute atomic E-state index is 0.0321. The van der Waals surface area contributed by atoms with Crippen LogP contribution in [0.15, 0.2) is 69.0 Å². The smallest absolute Gasteiger partial charge is 0.411 e. The first-order valence-electron chi connectivity index (χ1n) is 13.4. The van der Waals surface area contributed by atoms with Gasteiger partial charge >= 0.3 is 23.7 Å². The topological polar surface area (TPSA) is 175 Å². The molecule has 1 aromatic heterocycles. The number of ether oxygens (including phenoxy) is 2. The first kappa shape index (κ1) is 29.2. The van der Waals surface area contributed by atoms with E-state index in [1.807, 2.05) is 13.8 Å². The predicted octanol–water partition coefficient (Wildman–Crippen LogP) is 4.33. The number of nitro groups is 1. The summed E-state index contributed by atoms with van der Waals surface area (Å²) >= 11 is 0. The van der Waals surface area contributed by atoms with Gasteiger partial charge in [-0.25, -0.2) is 19.2 Å². The van der Waals surface area contributed by atoms with Crippen LogP contribution in [0.3, 0.4) is 0 Å². The summed E-state index contributed by atoms with van der Waals surface area (Å²) in [5.74, 6) is -3.29. The molecule has 3 heterocycles. The van der Waals surface area contributed by atoms with E-state index in [4.69, 9.17) is 13.9 Å². The number of nitrogens with zero attached hydrogens (tertiary/aromatic N) is 2. The van der Waals surface area contributed by atoms with Gasteiger partial charge < -0.3 is 18.8 Å². The van der Waals surface area contributed by atoms with Crippen LogP contribution in [0, 0.1) is 34.8 Å². The third kappa shape index (κ3) is 5.36. The molecule has 1 saturated heterocycles. The first-order chi connectivity index (χ1) is 20.4. The average molecular weight is 590 g/mol. The fraction of sp³-hybridized carbons (Fsp3) is 0.300. The van der Waals surface area contributed by atoms with Gasteiger partial charge in [-0.3, -0.25) is 20.2 Å². The molecule has 1 N–H and O–H groups in total. The Morgan fingerprint density at radius 3 is 2.42 bits per heavy atom. The second kappa shape index (κ2) is 11.2. The van der Waals surface area contributed by atoms with Crippen molar-refractivity contribution in [2.45, 2.75) is 33.7 Å². The highest BCUT2D eigenvalue weighted by molar-refractivity contribution is 6.06. The minimum atomic E-state index is -1.10. The lowest BCUT2D eigenvalue weighted by Crippen LogP contribution is -2.62. The predicted molar refractivity (Wildman–Crippen MR) is 151 cm³/mol. The molecule has 0 spiro atoms. The van der Waals surface area contributed by atoms with E-state index in [9.17, 15) is 34.1 Å². The van der Waals surface area contributed by atoms with E-state index < -0.39 is 40.5 Å². The molecule has 0 bridgehead atoms. The fourth-order valence-corrected chi connectivity index (χ4v) is 5.62. The highest BCUT2D eigenvalue weighted by atomic mass is 16.6. The molecule has 2 amide bonds. The average Bonchev–Trinajstić information content (AvgIpc) is 3.18. The molecule has 3 aromatic rings. The van der Waals surface area contributed by atoms with Crippen molar-refractivity contribution >= 4 is 46.3 Å². The van der Waals surface area contributed by atoms with E-state index in [0.717, 1.165) is 24.3 Å². The molecule has 5 rings (SSSR count). The van der Waals surface area contributed by atoms with Gasteiger partial charge in [0.25, 0.3) is 5.69 Å². The lowest BCUT2D eigenvalue weighted by Gasteiger charge is -2.47. The maximum atomic E-state index is 13.3. The number of benzene rings is 2. The SMILES string of the molecule is Cc1cc(=O)oc2cc(NC(=O)OCC3=C(C(=O)OC(=O)c4ccc([N+](=O)[O-])cc4)N4C(=O)[C@H](C(C)C)[C@H]4[C@H]3C)ccc12. The number of nitro benzene ring substituents is 1. The van der Waals surface area contributed by atoms with Crippen LogP contribution in [0.2, 0.25) is 0 Å². The zero-order valence-corrected chi connectivity index (χ0v) is 23.6. The largest absolute Gasteiger partial charge is 0.445 e. The highest BCUT2D eigenvalue weighted by Gasteiger charge is 2.59. The summed E-state index contributed by atoms with van der Waals surface area (Å²) in [7, 11) is 0. The van der Waals surface area contributed by atoms with Crippen LogP contribution < -0.4 is 10.9 Å². The van der Waals surface area contributed by atoms with Gasteiger partial charge in [0.1, 0.15) is 17.9 Å². The molecule has 0 radical (unpaired) electrons. The lowest BCUT2D eigenvalue weighted by molar-refractivity contribution is -0.384. The number of aryl methyl sites for hydroxylation is 1.